The van der Waals surface area contributed by atoms with Crippen molar-refractivity contribution in [2.24, 2.45) is 0 Å². The van der Waals surface area contributed by atoms with Gasteiger partial charge in [0, 0.05) is 66.9 Å². The van der Waals surface area contributed by atoms with E-state index in [0.717, 1.165) is 21.6 Å². The molecule has 22 heteroatoms. The maximum absolute atomic E-state index is 15.0. The maximum Gasteiger partial charge on any atom is 0.258 e. The SMILES string of the molecule is C=C1OCc2c(cc3n(c2=O)Cc2c-3nc3cc(F)c(C)cc3c2Cn2cc(CCCNC(=O)CNC(=O)[C@@H](Cc3ccccc3)NC(=O)CNC(=O)CNC(=O)CCCCCN3C(=O)C=CC3=O)nn2)[C@@]1(O)CC. The molecule has 6 N–H and O–H groups in total. The van der Waals surface area contributed by atoms with Crippen LogP contribution in [0.25, 0.3) is 22.3 Å². The van der Waals surface area contributed by atoms with Crippen molar-refractivity contribution in [2.75, 3.05) is 32.7 Å². The first-order valence-corrected chi connectivity index (χ1v) is 24.8. The normalized spacial score (nSPS) is 15.7. The molecule has 7 amide bonds. The van der Waals surface area contributed by atoms with Gasteiger partial charge in [0.25, 0.3) is 17.4 Å². The standard InChI is InChI=1S/C53H58FN11O10/c1-4-53(74)32(3)75-30-38-39(53)22-43-50-37(29-65(43)52(38)73)36(35-20-31(2)40(54)23-41(35)60-50)28-63-27-34(61-62-63)14-11-18-55-45(67)25-58-51(72)42(21-33-12-7-5-8-13-33)59-47(69)26-57-46(68)24-56-44(66)15-9-6-10-19-64-48(70)16-17-49(64)71/h5,7-8,12-13,16-17,20,22-23,27,42,74H,3-4,6,9-11,14-15,18-19,21,24-26,28-30H2,1-2H3,(H,55,67)(H,56,66)(H,57,68)(H,58,72)(H,59,69)/t42-,53-/m1/s1. The Balaban J connectivity index is 0.800. The Morgan fingerprint density at radius 3 is 2.36 bits per heavy atom. The molecule has 3 aromatic heterocycles. The van der Waals surface area contributed by atoms with Crippen molar-refractivity contribution >= 4 is 52.3 Å². The number of hydrogen-bond acceptors (Lipinski definition) is 13. The van der Waals surface area contributed by atoms with E-state index >= 15 is 4.39 Å². The number of unbranched alkanes of at least 4 members (excludes halogenated alkanes) is 2. The largest absolute Gasteiger partial charge is 0.490 e. The summed E-state index contributed by atoms with van der Waals surface area (Å²) in [4.78, 5) is 107. The van der Waals surface area contributed by atoms with Gasteiger partial charge in [-0.2, -0.15) is 0 Å². The number of imide groups is 1. The molecule has 5 aromatic rings. The summed E-state index contributed by atoms with van der Waals surface area (Å²) in [5.74, 6) is -3.76. The first-order valence-electron chi connectivity index (χ1n) is 24.8. The number of aryl methyl sites for hydroxylation is 2. The Bertz CT molecular complexity index is 3170. The molecule has 8 rings (SSSR count). The van der Waals surface area contributed by atoms with E-state index in [1.807, 2.05) is 0 Å². The van der Waals surface area contributed by atoms with Gasteiger partial charge in [-0.3, -0.25) is 43.3 Å². The summed E-state index contributed by atoms with van der Waals surface area (Å²) in [6.45, 7) is 6.98. The fourth-order valence-electron chi connectivity index (χ4n) is 9.33. The van der Waals surface area contributed by atoms with Crippen LogP contribution in [-0.4, -0.2) is 115 Å². The van der Waals surface area contributed by atoms with Gasteiger partial charge in [-0.05, 0) is 67.9 Å². The summed E-state index contributed by atoms with van der Waals surface area (Å²) in [5.41, 5.74) is 3.58. The van der Waals surface area contributed by atoms with Crippen LogP contribution in [0.5, 0.6) is 0 Å². The second-order valence-corrected chi connectivity index (χ2v) is 18.7. The Kier molecular flexibility index (Phi) is 16.4. The average Bonchev–Trinajstić information content (AvgIpc) is 4.15. The predicted molar refractivity (Wildman–Crippen MR) is 269 cm³/mol. The summed E-state index contributed by atoms with van der Waals surface area (Å²) in [6.07, 6.45) is 7.16. The Morgan fingerprint density at radius 2 is 1.60 bits per heavy atom. The number of aromatic nitrogens is 5. The van der Waals surface area contributed by atoms with E-state index in [9.17, 15) is 43.5 Å². The monoisotopic (exact) mass is 1030 g/mol. The molecule has 6 heterocycles. The number of nitrogens with one attached hydrogen (secondary N) is 5. The molecular weight excluding hydrogens is 970 g/mol. The van der Waals surface area contributed by atoms with Crippen LogP contribution in [0.1, 0.15) is 84.5 Å². The van der Waals surface area contributed by atoms with Gasteiger partial charge in [-0.15, -0.1) is 5.10 Å². The second kappa shape index (κ2) is 23.2. The lowest BCUT2D eigenvalue weighted by atomic mass is 9.84. The molecule has 2 atom stereocenters. The van der Waals surface area contributed by atoms with Crippen LogP contribution in [0.15, 0.2) is 84.0 Å². The zero-order valence-corrected chi connectivity index (χ0v) is 41.6. The van der Waals surface area contributed by atoms with Crippen LogP contribution in [0.4, 0.5) is 4.39 Å². The fourth-order valence-corrected chi connectivity index (χ4v) is 9.33. The Morgan fingerprint density at radius 1 is 0.880 bits per heavy atom. The lowest BCUT2D eigenvalue weighted by Crippen LogP contribution is -2.52. The van der Waals surface area contributed by atoms with Gasteiger partial charge in [0.2, 0.25) is 29.5 Å². The van der Waals surface area contributed by atoms with Crippen LogP contribution in [0.2, 0.25) is 0 Å². The van der Waals surface area contributed by atoms with Crippen molar-refractivity contribution in [1.82, 2.24) is 56.0 Å². The summed E-state index contributed by atoms with van der Waals surface area (Å²) >= 11 is 0. The minimum absolute atomic E-state index is 0.0311. The number of hydrogen-bond donors (Lipinski definition) is 6. The lowest BCUT2D eigenvalue weighted by Gasteiger charge is -2.35. The molecule has 0 spiro atoms. The van der Waals surface area contributed by atoms with Crippen molar-refractivity contribution in [2.45, 2.75) is 96.6 Å². The number of fused-ring (bicyclic) bond motifs is 5. The van der Waals surface area contributed by atoms with Crippen molar-refractivity contribution in [3.05, 3.63) is 134 Å². The van der Waals surface area contributed by atoms with Crippen LogP contribution in [-0.2, 0) is 76.4 Å². The molecule has 0 unspecified atom stereocenters. The van der Waals surface area contributed by atoms with Gasteiger partial charge in [0.05, 0.1) is 60.9 Å². The molecule has 75 heavy (non-hydrogen) atoms. The molecule has 21 nitrogen and oxygen atoms in total. The second-order valence-electron chi connectivity index (χ2n) is 18.7. The summed E-state index contributed by atoms with van der Waals surface area (Å²) < 4.78 is 23.9. The zero-order chi connectivity index (χ0) is 53.4. The third kappa shape index (κ3) is 12.2. The molecule has 3 aliphatic rings. The highest BCUT2D eigenvalue weighted by Crippen LogP contribution is 2.43. The van der Waals surface area contributed by atoms with E-state index in [2.05, 4.69) is 43.5 Å². The number of amides is 7. The van der Waals surface area contributed by atoms with Crippen molar-refractivity contribution in [3.63, 3.8) is 0 Å². The molecule has 0 bridgehead atoms. The molecule has 3 aliphatic heterocycles. The van der Waals surface area contributed by atoms with E-state index < -0.39 is 47.6 Å². The number of halogens is 1. The van der Waals surface area contributed by atoms with Crippen molar-refractivity contribution < 1.29 is 47.8 Å². The highest BCUT2D eigenvalue weighted by atomic mass is 19.1. The quantitative estimate of drug-likeness (QED) is 0.0395. The average molecular weight is 1030 g/mol. The van der Waals surface area contributed by atoms with Gasteiger partial charge in [0.15, 0.2) is 0 Å². The van der Waals surface area contributed by atoms with Crippen LogP contribution in [0.3, 0.4) is 0 Å². The topological polar surface area (TPSA) is 278 Å². The number of aliphatic hydroxyl groups is 1. The first-order chi connectivity index (χ1) is 36.0. The molecular formula is C53H58FN11O10. The first kappa shape index (κ1) is 52.9. The summed E-state index contributed by atoms with van der Waals surface area (Å²) in [6, 6.07) is 12.7. The van der Waals surface area contributed by atoms with Gasteiger partial charge < -0.3 is 41.0 Å². The minimum atomic E-state index is -1.57. The maximum atomic E-state index is 15.0. The van der Waals surface area contributed by atoms with Gasteiger partial charge in [0.1, 0.15) is 29.8 Å². The van der Waals surface area contributed by atoms with Crippen LogP contribution in [0, 0.1) is 12.7 Å². The number of carbonyl (C=O) groups excluding carboxylic acids is 7. The van der Waals surface area contributed by atoms with E-state index in [0.29, 0.717) is 76.8 Å². The van der Waals surface area contributed by atoms with E-state index in [-0.39, 0.29) is 94.2 Å². The van der Waals surface area contributed by atoms with Crippen LogP contribution >= 0.6 is 0 Å². The number of rotatable bonds is 23. The van der Waals surface area contributed by atoms with E-state index in [1.165, 1.54) is 18.2 Å². The molecule has 0 saturated heterocycles. The molecule has 0 aliphatic carbocycles. The highest BCUT2D eigenvalue weighted by molar-refractivity contribution is 6.12. The highest BCUT2D eigenvalue weighted by Gasteiger charge is 2.42. The summed E-state index contributed by atoms with van der Waals surface area (Å²) in [5, 5.41) is 33.9. The number of nitrogens with zero attached hydrogens (tertiary/aromatic N) is 6. The number of carbonyl (C=O) groups is 7. The van der Waals surface area contributed by atoms with Gasteiger partial charge in [-0.25, -0.2) is 14.1 Å². The molecule has 0 fully saturated rings. The third-order valence-electron chi connectivity index (χ3n) is 13.5. The summed E-state index contributed by atoms with van der Waals surface area (Å²) in [7, 11) is 0. The van der Waals surface area contributed by atoms with E-state index in [1.54, 1.807) is 71.8 Å². The Hall–Kier alpha value is -8.40. The predicted octanol–water partition coefficient (Wildman–Crippen LogP) is 1.76. The third-order valence-corrected chi connectivity index (χ3v) is 13.5. The molecule has 2 aromatic carbocycles. The smallest absolute Gasteiger partial charge is 0.258 e. The van der Waals surface area contributed by atoms with Crippen LogP contribution < -0.4 is 32.1 Å². The number of benzene rings is 2. The van der Waals surface area contributed by atoms with Crippen molar-refractivity contribution in [3.8, 4) is 11.4 Å². The van der Waals surface area contributed by atoms with Gasteiger partial charge >= 0.3 is 0 Å². The van der Waals surface area contributed by atoms with E-state index in [4.69, 9.17) is 9.72 Å². The minimum Gasteiger partial charge on any atom is -0.490 e. The Labute approximate surface area is 430 Å². The fraction of sp³-hybridized carbons (Fsp3) is 0.377. The molecule has 0 saturated carbocycles. The number of ether oxygens (including phenoxy) is 1. The molecule has 392 valence electrons. The van der Waals surface area contributed by atoms with Gasteiger partial charge in [-0.1, -0.05) is 55.5 Å². The molecule has 0 radical (unpaired) electrons. The lowest BCUT2D eigenvalue weighted by molar-refractivity contribution is -0.137. The zero-order valence-electron chi connectivity index (χ0n) is 41.6. The van der Waals surface area contributed by atoms with Crippen molar-refractivity contribution in [1.29, 1.82) is 0 Å². The number of pyridine rings is 2.